The van der Waals surface area contributed by atoms with Crippen LogP contribution in [0.4, 0.5) is 5.69 Å². The number of ketones is 1. The highest BCUT2D eigenvalue weighted by Crippen LogP contribution is 2.75. The molecule has 37 heavy (non-hydrogen) atoms. The number of benzene rings is 3. The van der Waals surface area contributed by atoms with Gasteiger partial charge >= 0.3 is 0 Å². The summed E-state index contributed by atoms with van der Waals surface area (Å²) in [6.45, 7) is 7.86. The number of amides is 2. The molecule has 1 aliphatic heterocycles. The van der Waals surface area contributed by atoms with Crippen LogP contribution in [0.3, 0.4) is 0 Å². The molecule has 2 aliphatic carbocycles. The van der Waals surface area contributed by atoms with Crippen LogP contribution in [0.2, 0.25) is 0 Å². The number of allylic oxidation sites excluding steroid dienone is 2. The third-order valence-corrected chi connectivity index (χ3v) is 8.93. The zero-order valence-corrected chi connectivity index (χ0v) is 21.7. The zero-order chi connectivity index (χ0) is 26.1. The van der Waals surface area contributed by atoms with E-state index in [1.54, 1.807) is 0 Å². The molecule has 6 rings (SSSR count). The first-order chi connectivity index (χ1) is 17.8. The first-order valence-corrected chi connectivity index (χ1v) is 13.1. The number of hydrogen-bond acceptors (Lipinski definition) is 3. The normalized spacial score (nSPS) is 28.4. The van der Waals surface area contributed by atoms with Gasteiger partial charge in [0.15, 0.2) is 5.78 Å². The second-order valence-corrected chi connectivity index (χ2v) is 11.0. The number of rotatable bonds is 5. The number of hydrogen-bond donors (Lipinski definition) is 0. The largest absolute Gasteiger partial charge is 0.298 e. The van der Waals surface area contributed by atoms with E-state index in [2.05, 4.69) is 6.92 Å². The smallest absolute Gasteiger partial charge is 0.239 e. The summed E-state index contributed by atoms with van der Waals surface area (Å²) in [5, 5.41) is 0. The van der Waals surface area contributed by atoms with Crippen LogP contribution >= 0.6 is 0 Å². The van der Waals surface area contributed by atoms with Crippen molar-refractivity contribution in [2.75, 3.05) is 4.90 Å². The molecule has 186 valence electrons. The number of aryl methyl sites for hydroxylation is 2. The van der Waals surface area contributed by atoms with Gasteiger partial charge in [-0.05, 0) is 66.7 Å². The predicted octanol–water partition coefficient (Wildman–Crippen LogP) is 6.41. The molecule has 0 radical (unpaired) electrons. The Morgan fingerprint density at radius 1 is 0.757 bits per heavy atom. The van der Waals surface area contributed by atoms with Gasteiger partial charge in [-0.1, -0.05) is 86.1 Å². The molecule has 4 heteroatoms. The highest BCUT2D eigenvalue weighted by Gasteiger charge is 2.80. The molecule has 0 unspecified atom stereocenters. The molecular formula is C33H31NO3. The van der Waals surface area contributed by atoms with Crippen LogP contribution in [-0.4, -0.2) is 17.6 Å². The van der Waals surface area contributed by atoms with Crippen LogP contribution in [0, 0.1) is 36.5 Å². The lowest BCUT2D eigenvalue weighted by atomic mass is 9.61. The maximum Gasteiger partial charge on any atom is 0.239 e. The molecule has 3 aromatic carbocycles. The second kappa shape index (κ2) is 8.11. The van der Waals surface area contributed by atoms with Crippen LogP contribution in [-0.2, 0) is 14.4 Å². The zero-order valence-electron chi connectivity index (χ0n) is 21.7. The molecule has 4 atom stereocenters. The summed E-state index contributed by atoms with van der Waals surface area (Å²) in [7, 11) is 0. The third kappa shape index (κ3) is 2.87. The van der Waals surface area contributed by atoms with E-state index in [0.717, 1.165) is 39.8 Å². The van der Waals surface area contributed by atoms with Crippen molar-refractivity contribution in [2.24, 2.45) is 22.7 Å². The fourth-order valence-corrected chi connectivity index (χ4v) is 7.56. The standard InChI is InChI=1S/C33H31NO3/c1-5-18-33-26(23-14-10-7-11-15-23)25(22-12-8-6-9-13-22)32(4,31(33)37)27-28(33)30(36)34(29(27)35)24-19-20(2)16-17-21(24)3/h6-17,19,27-28H,5,18H2,1-4H3/t27-,28-,32+,33-/m1/s1. The van der Waals surface area contributed by atoms with E-state index in [4.69, 9.17) is 0 Å². The molecule has 3 aromatic rings. The summed E-state index contributed by atoms with van der Waals surface area (Å²) in [6.07, 6.45) is 1.26. The van der Waals surface area contributed by atoms with Crippen molar-refractivity contribution in [1.29, 1.82) is 0 Å². The van der Waals surface area contributed by atoms with Gasteiger partial charge < -0.3 is 0 Å². The topological polar surface area (TPSA) is 54.5 Å². The van der Waals surface area contributed by atoms with Gasteiger partial charge in [0.25, 0.3) is 0 Å². The van der Waals surface area contributed by atoms with Crippen LogP contribution in [0.1, 0.15) is 48.9 Å². The number of nitrogens with zero attached hydrogens (tertiary/aromatic N) is 1. The van der Waals surface area contributed by atoms with Crippen molar-refractivity contribution < 1.29 is 14.4 Å². The molecule has 0 spiro atoms. The maximum absolute atomic E-state index is 14.7. The van der Waals surface area contributed by atoms with Gasteiger partial charge in [-0.25, -0.2) is 4.90 Å². The fourth-order valence-electron chi connectivity index (χ4n) is 7.56. The van der Waals surface area contributed by atoms with E-state index in [1.807, 2.05) is 99.6 Å². The van der Waals surface area contributed by atoms with Crippen molar-refractivity contribution in [2.45, 2.75) is 40.5 Å². The molecule has 0 aromatic heterocycles. The number of carbonyl (C=O) groups is 3. The van der Waals surface area contributed by atoms with E-state index in [1.165, 1.54) is 4.90 Å². The number of fused-ring (bicyclic) bond motifs is 5. The number of carbonyl (C=O) groups excluding carboxylic acids is 3. The summed E-state index contributed by atoms with van der Waals surface area (Å²) in [4.78, 5) is 44.7. The van der Waals surface area contributed by atoms with Crippen molar-refractivity contribution in [1.82, 2.24) is 0 Å². The molecule has 2 bridgehead atoms. The first-order valence-electron chi connectivity index (χ1n) is 13.1. The summed E-state index contributed by atoms with van der Waals surface area (Å²) in [5.74, 6) is -1.90. The SMILES string of the molecule is CCC[C@@]12C(=O)[C@@](C)(C(c3ccccc3)=C1c1ccccc1)[C@H]1C(=O)N(c3cc(C)ccc3C)C(=O)[C@@H]12. The van der Waals surface area contributed by atoms with Crippen LogP contribution in [0.15, 0.2) is 78.9 Å². The molecule has 1 saturated heterocycles. The van der Waals surface area contributed by atoms with E-state index in [-0.39, 0.29) is 17.6 Å². The van der Waals surface area contributed by atoms with Gasteiger partial charge in [0, 0.05) is 0 Å². The lowest BCUT2D eigenvalue weighted by Crippen LogP contribution is -2.41. The summed E-state index contributed by atoms with van der Waals surface area (Å²) < 4.78 is 0. The average molecular weight is 490 g/mol. The number of Topliss-reactive ketones (excluding diaryl/α,β-unsaturated/α-hetero) is 1. The van der Waals surface area contributed by atoms with Gasteiger partial charge in [0.2, 0.25) is 11.8 Å². The fraction of sp³-hybridized carbons (Fsp3) is 0.303. The molecule has 3 aliphatic rings. The van der Waals surface area contributed by atoms with Crippen molar-refractivity contribution in [3.05, 3.63) is 101 Å². The van der Waals surface area contributed by atoms with Crippen LogP contribution < -0.4 is 4.90 Å². The minimum atomic E-state index is -1.09. The average Bonchev–Trinajstić information content (AvgIpc) is 3.36. The lowest BCUT2D eigenvalue weighted by molar-refractivity contribution is -0.134. The predicted molar refractivity (Wildman–Crippen MR) is 146 cm³/mol. The Morgan fingerprint density at radius 2 is 1.32 bits per heavy atom. The molecule has 0 N–H and O–H groups in total. The Labute approximate surface area is 218 Å². The van der Waals surface area contributed by atoms with E-state index in [0.29, 0.717) is 12.1 Å². The lowest BCUT2D eigenvalue weighted by Gasteiger charge is -2.37. The van der Waals surface area contributed by atoms with E-state index < -0.39 is 22.7 Å². The highest BCUT2D eigenvalue weighted by molar-refractivity contribution is 6.34. The summed E-state index contributed by atoms with van der Waals surface area (Å²) >= 11 is 0. The molecule has 4 nitrogen and oxygen atoms in total. The van der Waals surface area contributed by atoms with Crippen LogP contribution in [0.5, 0.6) is 0 Å². The summed E-state index contributed by atoms with van der Waals surface area (Å²) in [5.41, 5.74) is 4.09. The van der Waals surface area contributed by atoms with E-state index in [9.17, 15) is 14.4 Å². The van der Waals surface area contributed by atoms with Gasteiger partial charge in [-0.15, -0.1) is 0 Å². The Morgan fingerprint density at radius 3 is 1.92 bits per heavy atom. The highest BCUT2D eigenvalue weighted by atomic mass is 16.2. The van der Waals surface area contributed by atoms with Gasteiger partial charge in [-0.2, -0.15) is 0 Å². The molecular weight excluding hydrogens is 458 g/mol. The molecule has 2 fully saturated rings. The number of anilines is 1. The van der Waals surface area contributed by atoms with Gasteiger partial charge in [-0.3, -0.25) is 14.4 Å². The molecule has 1 saturated carbocycles. The Bertz CT molecular complexity index is 1490. The second-order valence-electron chi connectivity index (χ2n) is 11.0. The first kappa shape index (κ1) is 23.6. The Balaban J connectivity index is 1.66. The van der Waals surface area contributed by atoms with Crippen molar-refractivity contribution >= 4 is 34.4 Å². The van der Waals surface area contributed by atoms with Crippen molar-refractivity contribution in [3.63, 3.8) is 0 Å². The quantitative estimate of drug-likeness (QED) is 0.389. The van der Waals surface area contributed by atoms with Crippen molar-refractivity contribution in [3.8, 4) is 0 Å². The maximum atomic E-state index is 14.7. The molecule has 1 heterocycles. The Hall–Kier alpha value is -3.79. The molecule has 2 amide bonds. The summed E-state index contributed by atoms with van der Waals surface area (Å²) in [6, 6.07) is 25.8. The monoisotopic (exact) mass is 489 g/mol. The minimum absolute atomic E-state index is 0.0249. The Kier molecular flexibility index (Phi) is 5.17. The van der Waals surface area contributed by atoms with E-state index >= 15 is 0 Å². The van der Waals surface area contributed by atoms with Crippen LogP contribution in [0.25, 0.3) is 11.1 Å². The van der Waals surface area contributed by atoms with Gasteiger partial charge in [0.05, 0.1) is 28.4 Å². The number of imide groups is 1. The minimum Gasteiger partial charge on any atom is -0.298 e. The van der Waals surface area contributed by atoms with Gasteiger partial charge in [0.1, 0.15) is 0 Å². The third-order valence-electron chi connectivity index (χ3n) is 8.93.